The van der Waals surface area contributed by atoms with E-state index in [0.717, 1.165) is 0 Å². The van der Waals surface area contributed by atoms with Crippen molar-refractivity contribution in [2.75, 3.05) is 11.9 Å². The fourth-order valence-electron chi connectivity index (χ4n) is 1.14. The molecule has 0 aliphatic rings. The molecule has 0 radical (unpaired) electrons. The Bertz CT molecular complexity index is 560. The average Bonchev–Trinajstić information content (AvgIpc) is 2.78. The summed E-state index contributed by atoms with van der Waals surface area (Å²) in [6.07, 6.45) is 1.34. The summed E-state index contributed by atoms with van der Waals surface area (Å²) in [5.74, 6) is 0.0716. The summed E-state index contributed by atoms with van der Waals surface area (Å²) in [5, 5.41) is 5.40. The molecule has 0 fully saturated rings. The van der Waals surface area contributed by atoms with E-state index in [2.05, 4.69) is 20.3 Å². The summed E-state index contributed by atoms with van der Waals surface area (Å²) < 4.78 is 4.84. The predicted octanol–water partition coefficient (Wildman–Crippen LogP) is 2.51. The molecule has 6 nitrogen and oxygen atoms in total. The molecule has 0 atom stereocenters. The Balaban J connectivity index is 2.09. The summed E-state index contributed by atoms with van der Waals surface area (Å²) in [7, 11) is 0. The van der Waals surface area contributed by atoms with Crippen molar-refractivity contribution >= 4 is 39.9 Å². The summed E-state index contributed by atoms with van der Waals surface area (Å²) in [6.45, 7) is 2.06. The lowest BCUT2D eigenvalue weighted by molar-refractivity contribution is 0.0520. The number of nitrogens with zero attached hydrogens (tertiary/aromatic N) is 3. The molecule has 2 heterocycles. The van der Waals surface area contributed by atoms with E-state index in [1.54, 1.807) is 18.4 Å². The Hall–Kier alpha value is -1.73. The first kappa shape index (κ1) is 12.7. The minimum absolute atomic E-state index is 0.268. The van der Waals surface area contributed by atoms with Crippen LogP contribution in [0.1, 0.15) is 17.4 Å². The highest BCUT2D eigenvalue weighted by Gasteiger charge is 2.11. The number of ether oxygens (including phenoxy) is 1. The number of hydrogen-bond acceptors (Lipinski definition) is 7. The maximum Gasteiger partial charge on any atom is 0.357 e. The zero-order valence-corrected chi connectivity index (χ0v) is 11.0. The molecule has 18 heavy (non-hydrogen) atoms. The van der Waals surface area contributed by atoms with Gasteiger partial charge in [0.15, 0.2) is 10.8 Å². The van der Waals surface area contributed by atoms with Gasteiger partial charge in [0.2, 0.25) is 0 Å². The second-order valence-electron chi connectivity index (χ2n) is 3.11. The zero-order valence-electron chi connectivity index (χ0n) is 9.38. The van der Waals surface area contributed by atoms with Crippen molar-refractivity contribution in [3.63, 3.8) is 0 Å². The highest BCUT2D eigenvalue weighted by Crippen LogP contribution is 2.20. The number of carbonyl (C=O) groups is 1. The van der Waals surface area contributed by atoms with Crippen molar-refractivity contribution in [3.8, 4) is 0 Å². The number of thiazole rings is 1. The molecule has 0 unspecified atom stereocenters. The van der Waals surface area contributed by atoms with E-state index in [1.165, 1.54) is 17.7 Å². The smallest absolute Gasteiger partial charge is 0.357 e. The number of aromatic nitrogens is 3. The molecule has 0 spiro atoms. The van der Waals surface area contributed by atoms with Crippen LogP contribution in [0, 0.1) is 0 Å². The van der Waals surface area contributed by atoms with E-state index >= 15 is 0 Å². The number of halogens is 1. The first-order chi connectivity index (χ1) is 8.69. The van der Waals surface area contributed by atoms with Crippen molar-refractivity contribution in [2.45, 2.75) is 6.92 Å². The van der Waals surface area contributed by atoms with Gasteiger partial charge in [-0.3, -0.25) is 0 Å². The third-order valence-corrected chi connectivity index (χ3v) is 2.82. The molecule has 0 amide bonds. The maximum absolute atomic E-state index is 11.4. The standard InChI is InChI=1S/C10H9ClN4O2S/c1-2-17-9(16)6-4-18-10(14-6)15-8-3-7(11)12-5-13-8/h3-5H,2H2,1H3,(H,12,13,14,15). The summed E-state index contributed by atoms with van der Waals surface area (Å²) >= 11 is 7.00. The Labute approximate surface area is 112 Å². The first-order valence-corrected chi connectivity index (χ1v) is 6.32. The van der Waals surface area contributed by atoms with E-state index < -0.39 is 5.97 Å². The van der Waals surface area contributed by atoms with Gasteiger partial charge in [0, 0.05) is 11.4 Å². The van der Waals surface area contributed by atoms with Gasteiger partial charge >= 0.3 is 5.97 Å². The Morgan fingerprint density at radius 2 is 2.39 bits per heavy atom. The van der Waals surface area contributed by atoms with Gasteiger partial charge < -0.3 is 10.1 Å². The fraction of sp³-hybridized carbons (Fsp3) is 0.200. The number of hydrogen-bond donors (Lipinski definition) is 1. The molecule has 0 bridgehead atoms. The van der Waals surface area contributed by atoms with E-state index in [4.69, 9.17) is 16.3 Å². The number of esters is 1. The third-order valence-electron chi connectivity index (χ3n) is 1.86. The van der Waals surface area contributed by atoms with E-state index in [0.29, 0.717) is 22.7 Å². The zero-order chi connectivity index (χ0) is 13.0. The van der Waals surface area contributed by atoms with E-state index in [9.17, 15) is 4.79 Å². The van der Waals surface area contributed by atoms with Crippen molar-refractivity contribution in [2.24, 2.45) is 0 Å². The molecule has 0 aromatic carbocycles. The van der Waals surface area contributed by atoms with Crippen molar-refractivity contribution in [1.29, 1.82) is 0 Å². The maximum atomic E-state index is 11.4. The van der Waals surface area contributed by atoms with Gasteiger partial charge in [-0.05, 0) is 6.92 Å². The number of anilines is 2. The van der Waals surface area contributed by atoms with E-state index in [1.807, 2.05) is 0 Å². The molecule has 0 saturated carbocycles. The average molecular weight is 285 g/mol. The molecule has 1 N–H and O–H groups in total. The first-order valence-electron chi connectivity index (χ1n) is 5.06. The Morgan fingerprint density at radius 1 is 1.56 bits per heavy atom. The molecule has 0 aliphatic heterocycles. The van der Waals surface area contributed by atoms with Crippen LogP contribution in [0.2, 0.25) is 5.15 Å². The highest BCUT2D eigenvalue weighted by molar-refractivity contribution is 7.14. The van der Waals surface area contributed by atoms with Crippen LogP contribution in [0.15, 0.2) is 17.8 Å². The predicted molar refractivity (Wildman–Crippen MR) is 68.4 cm³/mol. The van der Waals surface area contributed by atoms with Gasteiger partial charge in [-0.25, -0.2) is 19.7 Å². The molecule has 94 valence electrons. The number of nitrogens with one attached hydrogen (secondary N) is 1. The lowest BCUT2D eigenvalue weighted by atomic mass is 10.5. The minimum Gasteiger partial charge on any atom is -0.461 e. The summed E-state index contributed by atoms with van der Waals surface area (Å²) in [5.41, 5.74) is 0.268. The Kier molecular flexibility index (Phi) is 4.06. The van der Waals surface area contributed by atoms with Crippen LogP contribution in [-0.2, 0) is 4.74 Å². The summed E-state index contributed by atoms with van der Waals surface area (Å²) in [4.78, 5) is 23.2. The van der Waals surface area contributed by atoms with Crippen LogP contribution in [0.4, 0.5) is 10.9 Å². The molecular weight excluding hydrogens is 276 g/mol. The fourth-order valence-corrected chi connectivity index (χ4v) is 1.98. The van der Waals surface area contributed by atoms with Gasteiger partial charge in [0.05, 0.1) is 6.61 Å². The second kappa shape index (κ2) is 5.74. The lowest BCUT2D eigenvalue weighted by Crippen LogP contribution is -2.05. The molecule has 2 aromatic heterocycles. The molecular formula is C10H9ClN4O2S. The lowest BCUT2D eigenvalue weighted by Gasteiger charge is -2.00. The molecule has 0 aliphatic carbocycles. The van der Waals surface area contributed by atoms with Gasteiger partial charge in [-0.15, -0.1) is 11.3 Å². The molecule has 2 aromatic rings. The second-order valence-corrected chi connectivity index (χ2v) is 4.35. The van der Waals surface area contributed by atoms with Crippen molar-refractivity contribution < 1.29 is 9.53 Å². The van der Waals surface area contributed by atoms with Crippen LogP contribution < -0.4 is 5.32 Å². The molecule has 0 saturated heterocycles. The SMILES string of the molecule is CCOC(=O)c1csc(Nc2cc(Cl)ncn2)n1. The van der Waals surface area contributed by atoms with Gasteiger partial charge in [0.25, 0.3) is 0 Å². The van der Waals surface area contributed by atoms with Crippen LogP contribution >= 0.6 is 22.9 Å². The normalized spacial score (nSPS) is 10.1. The molecule has 2 rings (SSSR count). The van der Waals surface area contributed by atoms with Gasteiger partial charge in [-0.2, -0.15) is 0 Å². The monoisotopic (exact) mass is 284 g/mol. The molecule has 8 heteroatoms. The number of rotatable bonds is 4. The number of carbonyl (C=O) groups excluding carboxylic acids is 1. The quantitative estimate of drug-likeness (QED) is 0.687. The summed E-state index contributed by atoms with van der Waals surface area (Å²) in [6, 6.07) is 1.56. The Morgan fingerprint density at radius 3 is 3.11 bits per heavy atom. The van der Waals surface area contributed by atoms with Crippen LogP contribution in [-0.4, -0.2) is 27.5 Å². The van der Waals surface area contributed by atoms with Gasteiger partial charge in [0.1, 0.15) is 17.3 Å². The van der Waals surface area contributed by atoms with Crippen molar-refractivity contribution in [3.05, 3.63) is 28.6 Å². The van der Waals surface area contributed by atoms with Crippen LogP contribution in [0.3, 0.4) is 0 Å². The highest BCUT2D eigenvalue weighted by atomic mass is 35.5. The minimum atomic E-state index is -0.442. The van der Waals surface area contributed by atoms with Gasteiger partial charge in [-0.1, -0.05) is 11.6 Å². The van der Waals surface area contributed by atoms with E-state index in [-0.39, 0.29) is 5.69 Å². The van der Waals surface area contributed by atoms with Crippen molar-refractivity contribution in [1.82, 2.24) is 15.0 Å². The van der Waals surface area contributed by atoms with Crippen LogP contribution in [0.25, 0.3) is 0 Å². The topological polar surface area (TPSA) is 77.0 Å². The third kappa shape index (κ3) is 3.14. The largest absolute Gasteiger partial charge is 0.461 e. The van der Waals surface area contributed by atoms with Crippen LogP contribution in [0.5, 0.6) is 0 Å².